The third-order valence-corrected chi connectivity index (χ3v) is 3.67. The number of aromatic nitrogens is 2. The lowest BCUT2D eigenvalue weighted by atomic mass is 10.5. The number of carbonyl (C=O) groups is 2. The predicted molar refractivity (Wildman–Crippen MR) is 86.8 cm³/mol. The smallest absolute Gasteiger partial charge is 0.300 e. The Balaban J connectivity index is 0.000000464. The van der Waals surface area contributed by atoms with Gasteiger partial charge < -0.3 is 10.2 Å². The van der Waals surface area contributed by atoms with E-state index >= 15 is 0 Å². The van der Waals surface area contributed by atoms with Gasteiger partial charge in [0.1, 0.15) is 10.1 Å². The van der Waals surface area contributed by atoms with Crippen molar-refractivity contribution in [2.24, 2.45) is 0 Å². The Morgan fingerprint density at radius 3 is 1.36 bits per heavy atom. The Morgan fingerprint density at radius 2 is 1.14 bits per heavy atom. The van der Waals surface area contributed by atoms with Crippen LogP contribution in [0.1, 0.15) is 13.8 Å². The quantitative estimate of drug-likeness (QED) is 0.819. The molecule has 2 aromatic rings. The van der Waals surface area contributed by atoms with E-state index in [4.69, 9.17) is 19.8 Å². The third-order valence-electron chi connectivity index (χ3n) is 1.49. The largest absolute Gasteiger partial charge is 0.481 e. The van der Waals surface area contributed by atoms with Gasteiger partial charge in [-0.15, -0.1) is 0 Å². The maximum absolute atomic E-state index is 9.00. The minimum atomic E-state index is -0.833. The maximum atomic E-state index is 9.00. The van der Waals surface area contributed by atoms with Crippen molar-refractivity contribution in [3.8, 4) is 0 Å². The van der Waals surface area contributed by atoms with Gasteiger partial charge in [-0.3, -0.25) is 9.59 Å². The fraction of sp³-hybridized carbons (Fsp3) is 0.143. The average Bonchev–Trinajstić information content (AvgIpc) is 2.46. The number of carboxylic acid groups (broad SMARTS) is 2. The van der Waals surface area contributed by atoms with Crippen LogP contribution in [0.25, 0.3) is 0 Å². The summed E-state index contributed by atoms with van der Waals surface area (Å²) in [6, 6.07) is 11.8. The van der Waals surface area contributed by atoms with Gasteiger partial charge in [0.15, 0.2) is 0 Å². The summed E-state index contributed by atoms with van der Waals surface area (Å²) in [7, 11) is 3.23. The molecule has 0 amide bonds. The van der Waals surface area contributed by atoms with Crippen molar-refractivity contribution in [2.45, 2.75) is 23.9 Å². The molecule has 2 heterocycles. The molecule has 6 nitrogen and oxygen atoms in total. The summed E-state index contributed by atoms with van der Waals surface area (Å²) in [4.78, 5) is 26.4. The van der Waals surface area contributed by atoms with Crippen LogP contribution in [0.4, 0.5) is 0 Å². The summed E-state index contributed by atoms with van der Waals surface area (Å²) in [5.74, 6) is -1.67. The summed E-state index contributed by atoms with van der Waals surface area (Å²) in [6.45, 7) is 2.17. The van der Waals surface area contributed by atoms with Gasteiger partial charge in [0.05, 0.1) is 0 Å². The molecule has 0 atom stereocenters. The maximum Gasteiger partial charge on any atom is 0.300 e. The molecule has 0 bridgehead atoms. The lowest BCUT2D eigenvalue weighted by Gasteiger charge is -1.97. The van der Waals surface area contributed by atoms with Crippen molar-refractivity contribution >= 4 is 33.5 Å². The van der Waals surface area contributed by atoms with Gasteiger partial charge in [-0.1, -0.05) is 12.1 Å². The molecular formula is C14H16N2O4S2. The molecule has 0 aliphatic heterocycles. The van der Waals surface area contributed by atoms with Crippen molar-refractivity contribution in [3.63, 3.8) is 0 Å². The first-order chi connectivity index (χ1) is 10.4. The Kier molecular flexibility index (Phi) is 11.5. The first-order valence-electron chi connectivity index (χ1n) is 5.97. The molecule has 0 fully saturated rings. The van der Waals surface area contributed by atoms with Crippen molar-refractivity contribution < 1.29 is 19.8 Å². The second kappa shape index (κ2) is 12.7. The number of rotatable bonds is 3. The zero-order valence-corrected chi connectivity index (χ0v) is 13.7. The first-order valence-corrected chi connectivity index (χ1v) is 8.12. The number of carboxylic acids is 2. The number of hydrogen-bond acceptors (Lipinski definition) is 6. The van der Waals surface area contributed by atoms with Crippen molar-refractivity contribution in [1.82, 2.24) is 9.97 Å². The van der Waals surface area contributed by atoms with E-state index in [9.17, 15) is 0 Å². The molecule has 0 saturated heterocycles. The van der Waals surface area contributed by atoms with Crippen LogP contribution >= 0.6 is 21.6 Å². The van der Waals surface area contributed by atoms with Crippen LogP contribution in [-0.4, -0.2) is 32.1 Å². The molecule has 0 aliphatic rings. The highest BCUT2D eigenvalue weighted by Gasteiger charge is 1.97. The highest BCUT2D eigenvalue weighted by atomic mass is 33.1. The normalized spacial score (nSPS) is 8.64. The van der Waals surface area contributed by atoms with Gasteiger partial charge in [0.2, 0.25) is 0 Å². The summed E-state index contributed by atoms with van der Waals surface area (Å²) < 4.78 is 0. The van der Waals surface area contributed by atoms with E-state index in [1.54, 1.807) is 34.0 Å². The van der Waals surface area contributed by atoms with Crippen molar-refractivity contribution in [3.05, 3.63) is 48.8 Å². The molecule has 0 unspecified atom stereocenters. The Hall–Kier alpha value is -2.06. The van der Waals surface area contributed by atoms with Gasteiger partial charge in [0, 0.05) is 26.2 Å². The minimum Gasteiger partial charge on any atom is -0.481 e. The van der Waals surface area contributed by atoms with E-state index in [2.05, 4.69) is 9.97 Å². The van der Waals surface area contributed by atoms with E-state index in [1.807, 2.05) is 36.4 Å². The van der Waals surface area contributed by atoms with Crippen LogP contribution < -0.4 is 0 Å². The lowest BCUT2D eigenvalue weighted by Crippen LogP contribution is -1.78. The van der Waals surface area contributed by atoms with Gasteiger partial charge in [-0.05, 0) is 45.9 Å². The lowest BCUT2D eigenvalue weighted by molar-refractivity contribution is -0.135. The van der Waals surface area contributed by atoms with E-state index in [-0.39, 0.29) is 0 Å². The summed E-state index contributed by atoms with van der Waals surface area (Å²) in [5.41, 5.74) is 0. The fourth-order valence-electron chi connectivity index (χ4n) is 0.878. The highest BCUT2D eigenvalue weighted by Crippen LogP contribution is 2.34. The molecule has 0 aromatic carbocycles. The summed E-state index contributed by atoms with van der Waals surface area (Å²) in [6.07, 6.45) is 3.59. The Morgan fingerprint density at radius 1 is 0.818 bits per heavy atom. The fourth-order valence-corrected chi connectivity index (χ4v) is 2.63. The molecule has 8 heteroatoms. The zero-order chi connectivity index (χ0) is 16.8. The molecule has 0 aliphatic carbocycles. The van der Waals surface area contributed by atoms with E-state index in [1.165, 1.54) is 0 Å². The summed E-state index contributed by atoms with van der Waals surface area (Å²) in [5, 5.41) is 16.8. The molecule has 0 spiro atoms. The number of aliphatic carboxylic acids is 2. The molecular weight excluding hydrogens is 324 g/mol. The monoisotopic (exact) mass is 340 g/mol. The van der Waals surface area contributed by atoms with Crippen molar-refractivity contribution in [2.75, 3.05) is 0 Å². The summed E-state index contributed by atoms with van der Waals surface area (Å²) >= 11 is 0. The highest BCUT2D eigenvalue weighted by molar-refractivity contribution is 8.76. The van der Waals surface area contributed by atoms with Crippen LogP contribution in [0.3, 0.4) is 0 Å². The third kappa shape index (κ3) is 14.4. The van der Waals surface area contributed by atoms with Gasteiger partial charge >= 0.3 is 0 Å². The molecule has 0 saturated carbocycles. The SMILES string of the molecule is CC(=O)O.CC(=O)O.c1ccc(SSc2ccccn2)nc1. The number of pyridine rings is 2. The number of hydrogen-bond donors (Lipinski definition) is 2. The van der Waals surface area contributed by atoms with E-state index in [0.717, 1.165) is 23.9 Å². The average molecular weight is 340 g/mol. The Bertz CT molecular complexity index is 494. The zero-order valence-electron chi connectivity index (χ0n) is 12.0. The van der Waals surface area contributed by atoms with E-state index in [0.29, 0.717) is 0 Å². The molecule has 2 rings (SSSR count). The number of nitrogens with zero attached hydrogens (tertiary/aromatic N) is 2. The van der Waals surface area contributed by atoms with E-state index < -0.39 is 11.9 Å². The minimum absolute atomic E-state index is 0.833. The second-order valence-electron chi connectivity index (χ2n) is 3.54. The van der Waals surface area contributed by atoms with Crippen LogP contribution in [0, 0.1) is 0 Å². The van der Waals surface area contributed by atoms with Crippen LogP contribution in [0.5, 0.6) is 0 Å². The van der Waals surface area contributed by atoms with Gasteiger partial charge in [0.25, 0.3) is 11.9 Å². The second-order valence-corrected chi connectivity index (χ2v) is 5.71. The van der Waals surface area contributed by atoms with Crippen LogP contribution in [0.15, 0.2) is 58.8 Å². The molecule has 0 radical (unpaired) electrons. The standard InChI is InChI=1S/C10H8N2S2.2C2H4O2/c1-3-7-11-9(5-1)13-14-10-6-2-4-8-12-10;2*1-2(3)4/h1-8H;2*1H3,(H,3,4). The molecule has 2 aromatic heterocycles. The van der Waals surface area contributed by atoms with Crippen molar-refractivity contribution in [1.29, 1.82) is 0 Å². The molecule has 22 heavy (non-hydrogen) atoms. The van der Waals surface area contributed by atoms with Crippen LogP contribution in [0.2, 0.25) is 0 Å². The van der Waals surface area contributed by atoms with Gasteiger partial charge in [-0.2, -0.15) is 0 Å². The van der Waals surface area contributed by atoms with Gasteiger partial charge in [-0.25, -0.2) is 9.97 Å². The van der Waals surface area contributed by atoms with Crippen LogP contribution in [-0.2, 0) is 9.59 Å². The predicted octanol–water partition coefficient (Wildman–Crippen LogP) is 3.46. The molecule has 118 valence electrons. The molecule has 2 N–H and O–H groups in total. The first kappa shape index (κ1) is 19.9. The topological polar surface area (TPSA) is 100 Å². The Labute approximate surface area is 136 Å².